The van der Waals surface area contributed by atoms with Gasteiger partial charge >= 0.3 is 0 Å². The van der Waals surface area contributed by atoms with Crippen molar-refractivity contribution in [2.75, 3.05) is 12.3 Å². The number of thioether (sulfide) groups is 1. The quantitative estimate of drug-likeness (QED) is 0.867. The molecule has 1 N–H and O–H groups in total. The average Bonchev–Trinajstić information content (AvgIpc) is 2.89. The first-order chi connectivity index (χ1) is 9.18. The Bertz CT molecular complexity index is 607. The first-order valence-electron chi connectivity index (χ1n) is 6.67. The van der Waals surface area contributed by atoms with Crippen LogP contribution in [-0.2, 0) is 0 Å². The zero-order valence-corrected chi connectivity index (χ0v) is 12.0. The first-order valence-corrected chi connectivity index (χ1v) is 7.72. The first kappa shape index (κ1) is 12.6. The van der Waals surface area contributed by atoms with Crippen LogP contribution in [0.3, 0.4) is 0 Å². The standard InChI is InChI=1S/C15H18N2OS/c1-10-11(2)19-9-8-17(10)15(18)13-5-3-4-12-6-7-16-14(12)13/h3-7,10-11,16H,8-9H2,1-2H3. The highest BCUT2D eigenvalue weighted by atomic mass is 32.2. The van der Waals surface area contributed by atoms with Crippen molar-refractivity contribution in [3.05, 3.63) is 36.0 Å². The van der Waals surface area contributed by atoms with Gasteiger partial charge in [-0.25, -0.2) is 0 Å². The Morgan fingerprint density at radius 3 is 3.05 bits per heavy atom. The fourth-order valence-corrected chi connectivity index (χ4v) is 3.74. The number of hydrogen-bond acceptors (Lipinski definition) is 2. The molecule has 100 valence electrons. The molecule has 0 bridgehead atoms. The van der Waals surface area contributed by atoms with Gasteiger partial charge in [-0.05, 0) is 19.1 Å². The number of H-pyrrole nitrogens is 1. The summed E-state index contributed by atoms with van der Waals surface area (Å²) < 4.78 is 0. The summed E-state index contributed by atoms with van der Waals surface area (Å²) in [6.45, 7) is 5.18. The molecule has 1 aromatic heterocycles. The van der Waals surface area contributed by atoms with Crippen molar-refractivity contribution in [3.8, 4) is 0 Å². The largest absolute Gasteiger partial charge is 0.361 e. The van der Waals surface area contributed by atoms with Crippen molar-refractivity contribution in [2.45, 2.75) is 25.1 Å². The van der Waals surface area contributed by atoms with Crippen LogP contribution in [0.2, 0.25) is 0 Å². The Balaban J connectivity index is 1.97. The second-order valence-corrected chi connectivity index (χ2v) is 6.55. The minimum absolute atomic E-state index is 0.146. The maximum absolute atomic E-state index is 12.8. The molecule has 2 atom stereocenters. The van der Waals surface area contributed by atoms with Gasteiger partial charge in [-0.3, -0.25) is 4.79 Å². The summed E-state index contributed by atoms with van der Waals surface area (Å²) in [5, 5.41) is 1.60. The number of amides is 1. The van der Waals surface area contributed by atoms with Gasteiger partial charge in [0.2, 0.25) is 0 Å². The number of benzene rings is 1. The van der Waals surface area contributed by atoms with Crippen molar-refractivity contribution in [2.24, 2.45) is 0 Å². The van der Waals surface area contributed by atoms with E-state index in [0.717, 1.165) is 28.8 Å². The zero-order chi connectivity index (χ0) is 13.4. The van der Waals surface area contributed by atoms with Gasteiger partial charge in [-0.1, -0.05) is 19.1 Å². The maximum atomic E-state index is 12.8. The Labute approximate surface area is 117 Å². The predicted molar refractivity (Wildman–Crippen MR) is 80.7 cm³/mol. The van der Waals surface area contributed by atoms with Crippen LogP contribution in [0.5, 0.6) is 0 Å². The van der Waals surface area contributed by atoms with E-state index in [1.165, 1.54) is 0 Å². The van der Waals surface area contributed by atoms with Gasteiger partial charge in [0.25, 0.3) is 5.91 Å². The lowest BCUT2D eigenvalue weighted by Gasteiger charge is -2.37. The molecule has 1 aromatic carbocycles. The molecular formula is C15H18N2OS. The fourth-order valence-electron chi connectivity index (χ4n) is 2.64. The normalized spacial score (nSPS) is 23.8. The number of carbonyl (C=O) groups is 1. The molecule has 1 amide bonds. The van der Waals surface area contributed by atoms with Gasteiger partial charge in [-0.15, -0.1) is 0 Å². The molecule has 0 spiro atoms. The van der Waals surface area contributed by atoms with E-state index in [0.29, 0.717) is 5.25 Å². The smallest absolute Gasteiger partial charge is 0.256 e. The number of rotatable bonds is 1. The molecule has 0 saturated carbocycles. The summed E-state index contributed by atoms with van der Waals surface area (Å²) in [4.78, 5) is 18.0. The summed E-state index contributed by atoms with van der Waals surface area (Å²) in [5.41, 5.74) is 1.74. The average molecular weight is 274 g/mol. The Morgan fingerprint density at radius 2 is 2.21 bits per heavy atom. The van der Waals surface area contributed by atoms with Crippen LogP contribution in [0.15, 0.2) is 30.5 Å². The summed E-state index contributed by atoms with van der Waals surface area (Å²) >= 11 is 1.95. The number of aromatic amines is 1. The van der Waals surface area contributed by atoms with E-state index in [1.54, 1.807) is 0 Å². The van der Waals surface area contributed by atoms with Crippen LogP contribution >= 0.6 is 11.8 Å². The molecule has 2 unspecified atom stereocenters. The third-order valence-corrected chi connectivity index (χ3v) is 5.30. The molecular weight excluding hydrogens is 256 g/mol. The lowest BCUT2D eigenvalue weighted by Crippen LogP contribution is -2.48. The second kappa shape index (κ2) is 4.93. The maximum Gasteiger partial charge on any atom is 0.256 e. The third kappa shape index (κ3) is 2.14. The van der Waals surface area contributed by atoms with Crippen molar-refractivity contribution < 1.29 is 4.79 Å². The van der Waals surface area contributed by atoms with Crippen LogP contribution in [0.25, 0.3) is 10.9 Å². The van der Waals surface area contributed by atoms with Crippen molar-refractivity contribution in [1.82, 2.24) is 9.88 Å². The lowest BCUT2D eigenvalue weighted by molar-refractivity contribution is 0.0700. The molecule has 2 aromatic rings. The third-order valence-electron chi connectivity index (χ3n) is 3.96. The molecule has 4 heteroatoms. The summed E-state index contributed by atoms with van der Waals surface area (Å²) in [5.74, 6) is 1.17. The Kier molecular flexibility index (Phi) is 3.27. The number of nitrogens with zero attached hydrogens (tertiary/aromatic N) is 1. The predicted octanol–water partition coefficient (Wildman–Crippen LogP) is 3.13. The van der Waals surface area contributed by atoms with Crippen molar-refractivity contribution in [1.29, 1.82) is 0 Å². The molecule has 19 heavy (non-hydrogen) atoms. The summed E-state index contributed by atoms with van der Waals surface area (Å²) in [7, 11) is 0. The Hall–Kier alpha value is -1.42. The molecule has 1 fully saturated rings. The van der Waals surface area contributed by atoms with Gasteiger partial charge in [0, 0.05) is 35.2 Å². The number of hydrogen-bond donors (Lipinski definition) is 1. The molecule has 3 nitrogen and oxygen atoms in total. The molecule has 3 rings (SSSR count). The zero-order valence-electron chi connectivity index (χ0n) is 11.2. The monoisotopic (exact) mass is 274 g/mol. The van der Waals surface area contributed by atoms with E-state index in [9.17, 15) is 4.79 Å². The minimum Gasteiger partial charge on any atom is -0.361 e. The van der Waals surface area contributed by atoms with Crippen molar-refractivity contribution in [3.63, 3.8) is 0 Å². The van der Waals surface area contributed by atoms with Crippen LogP contribution < -0.4 is 0 Å². The van der Waals surface area contributed by atoms with Crippen LogP contribution in [-0.4, -0.2) is 39.4 Å². The highest BCUT2D eigenvalue weighted by molar-refractivity contribution is 8.00. The molecule has 1 saturated heterocycles. The SMILES string of the molecule is CC1SCCN(C(=O)c2cccc3cc[nH]c23)C1C. The number of aromatic nitrogens is 1. The Morgan fingerprint density at radius 1 is 1.37 bits per heavy atom. The fraction of sp³-hybridized carbons (Fsp3) is 0.400. The second-order valence-electron chi connectivity index (χ2n) is 5.06. The van der Waals surface area contributed by atoms with Crippen LogP contribution in [0.1, 0.15) is 24.2 Å². The van der Waals surface area contributed by atoms with Gasteiger partial charge < -0.3 is 9.88 Å². The number of nitrogens with one attached hydrogen (secondary N) is 1. The molecule has 1 aliphatic heterocycles. The van der Waals surface area contributed by atoms with E-state index >= 15 is 0 Å². The number of para-hydroxylation sites is 1. The van der Waals surface area contributed by atoms with E-state index in [4.69, 9.17) is 0 Å². The lowest BCUT2D eigenvalue weighted by atomic mass is 10.1. The summed E-state index contributed by atoms with van der Waals surface area (Å²) in [6, 6.07) is 8.19. The number of carbonyl (C=O) groups excluding carboxylic acids is 1. The highest BCUT2D eigenvalue weighted by Crippen LogP contribution is 2.27. The molecule has 1 aliphatic rings. The minimum atomic E-state index is 0.146. The van der Waals surface area contributed by atoms with Gasteiger partial charge in [-0.2, -0.15) is 11.8 Å². The van der Waals surface area contributed by atoms with Gasteiger partial charge in [0.1, 0.15) is 0 Å². The van der Waals surface area contributed by atoms with Gasteiger partial charge in [0.15, 0.2) is 0 Å². The summed E-state index contributed by atoms with van der Waals surface area (Å²) in [6.07, 6.45) is 1.89. The molecule has 0 radical (unpaired) electrons. The van der Waals surface area contributed by atoms with Crippen LogP contribution in [0, 0.1) is 0 Å². The topological polar surface area (TPSA) is 36.1 Å². The van der Waals surface area contributed by atoms with E-state index in [2.05, 4.69) is 18.8 Å². The highest BCUT2D eigenvalue weighted by Gasteiger charge is 2.30. The van der Waals surface area contributed by atoms with E-state index in [-0.39, 0.29) is 11.9 Å². The van der Waals surface area contributed by atoms with Crippen LogP contribution in [0.4, 0.5) is 0 Å². The number of fused-ring (bicyclic) bond motifs is 1. The molecule has 2 heterocycles. The van der Waals surface area contributed by atoms with E-state index in [1.807, 2.05) is 47.1 Å². The molecule has 0 aliphatic carbocycles. The van der Waals surface area contributed by atoms with Gasteiger partial charge in [0.05, 0.1) is 11.1 Å². The van der Waals surface area contributed by atoms with E-state index < -0.39 is 0 Å². The van der Waals surface area contributed by atoms with Crippen molar-refractivity contribution >= 4 is 28.6 Å².